The lowest BCUT2D eigenvalue weighted by Crippen LogP contribution is -2.45. The largest absolute Gasteiger partial charge is 0.496 e. The molecule has 6 heteroatoms. The molecule has 1 heterocycles. The number of Topliss-reactive ketones (excluding diaryl/α,β-unsaturated/α-hetero) is 1. The number of nitriles is 1. The highest BCUT2D eigenvalue weighted by Crippen LogP contribution is 2.46. The molecule has 130 valence electrons. The quantitative estimate of drug-likeness (QED) is 0.910. The number of hydrogen-bond donors (Lipinski definition) is 1. The Morgan fingerprint density at radius 1 is 1.32 bits per heavy atom. The van der Waals surface area contributed by atoms with Gasteiger partial charge in [-0.1, -0.05) is 18.2 Å². The van der Waals surface area contributed by atoms with E-state index in [0.29, 0.717) is 29.1 Å². The van der Waals surface area contributed by atoms with E-state index in [9.17, 15) is 10.1 Å². The minimum Gasteiger partial charge on any atom is -0.496 e. The van der Waals surface area contributed by atoms with Crippen molar-refractivity contribution in [1.82, 2.24) is 10.0 Å². The van der Waals surface area contributed by atoms with Crippen molar-refractivity contribution in [3.05, 3.63) is 52.5 Å². The zero-order valence-corrected chi connectivity index (χ0v) is 14.7. The van der Waals surface area contributed by atoms with Gasteiger partial charge in [0.1, 0.15) is 11.6 Å². The number of methoxy groups -OCH3 is 1. The molecule has 0 fully saturated rings. The number of hydrazine groups is 1. The zero-order valence-electron chi connectivity index (χ0n) is 14.7. The standard InChI is InChI=1S/C19H22N4O2/c1-22(2)23-14-8-6-9-15(24)18(14)17(13(11-20)19(23)21)12-7-4-5-10-16(12)25-3/h4-5,7,10,17H,6,8-9,21H2,1-3H3/t17-/m0/s1. The van der Waals surface area contributed by atoms with Crippen LogP contribution in [0.5, 0.6) is 5.75 Å². The number of benzene rings is 1. The van der Waals surface area contributed by atoms with E-state index in [1.165, 1.54) is 0 Å². The maximum absolute atomic E-state index is 12.8. The number of ether oxygens (including phenoxy) is 1. The molecule has 0 unspecified atom stereocenters. The maximum atomic E-state index is 12.8. The predicted octanol–water partition coefficient (Wildman–Crippen LogP) is 2.27. The number of hydrogen-bond acceptors (Lipinski definition) is 6. The average molecular weight is 338 g/mol. The summed E-state index contributed by atoms with van der Waals surface area (Å²) in [4.78, 5) is 12.8. The van der Waals surface area contributed by atoms with E-state index < -0.39 is 5.92 Å². The van der Waals surface area contributed by atoms with E-state index in [0.717, 1.165) is 24.1 Å². The van der Waals surface area contributed by atoms with Crippen LogP contribution in [0, 0.1) is 11.3 Å². The second kappa shape index (κ2) is 6.61. The molecule has 0 saturated carbocycles. The van der Waals surface area contributed by atoms with Crippen molar-refractivity contribution in [2.75, 3.05) is 21.2 Å². The predicted molar refractivity (Wildman–Crippen MR) is 94.0 cm³/mol. The van der Waals surface area contributed by atoms with Crippen molar-refractivity contribution in [3.63, 3.8) is 0 Å². The zero-order chi connectivity index (χ0) is 18.1. The third-order valence-corrected chi connectivity index (χ3v) is 4.74. The van der Waals surface area contributed by atoms with Crippen LogP contribution in [0.4, 0.5) is 0 Å². The number of carbonyl (C=O) groups is 1. The molecule has 0 bridgehead atoms. The van der Waals surface area contributed by atoms with Gasteiger partial charge in [0.15, 0.2) is 5.78 Å². The van der Waals surface area contributed by atoms with Crippen LogP contribution >= 0.6 is 0 Å². The molecule has 1 aromatic carbocycles. The van der Waals surface area contributed by atoms with Crippen molar-refractivity contribution in [1.29, 1.82) is 5.26 Å². The van der Waals surface area contributed by atoms with Gasteiger partial charge in [0.05, 0.1) is 24.7 Å². The normalized spacial score (nSPS) is 20.7. The molecule has 0 aromatic heterocycles. The number of carbonyl (C=O) groups excluding carboxylic acids is 1. The Labute approximate surface area is 147 Å². The second-order valence-electron chi connectivity index (χ2n) is 6.38. The van der Waals surface area contributed by atoms with Crippen LogP contribution in [0.15, 0.2) is 46.9 Å². The third-order valence-electron chi connectivity index (χ3n) is 4.74. The SMILES string of the molecule is COc1ccccc1[C@H]1C(C#N)=C(N)N(N(C)C)C2=C1C(=O)CCC2. The number of allylic oxidation sites excluding steroid dienone is 3. The summed E-state index contributed by atoms with van der Waals surface area (Å²) in [6, 6.07) is 9.72. The van der Waals surface area contributed by atoms with Gasteiger partial charge in [0, 0.05) is 37.3 Å². The van der Waals surface area contributed by atoms with Crippen LogP contribution in [0.2, 0.25) is 0 Å². The molecule has 0 saturated heterocycles. The highest BCUT2D eigenvalue weighted by Gasteiger charge is 2.41. The fourth-order valence-electron chi connectivity index (χ4n) is 3.74. The molecular formula is C19H22N4O2. The molecular weight excluding hydrogens is 316 g/mol. The van der Waals surface area contributed by atoms with Gasteiger partial charge in [0.2, 0.25) is 0 Å². The number of rotatable bonds is 3. The van der Waals surface area contributed by atoms with E-state index >= 15 is 0 Å². The van der Waals surface area contributed by atoms with Gasteiger partial charge in [-0.05, 0) is 18.9 Å². The Hall–Kier alpha value is -2.78. The minimum absolute atomic E-state index is 0.0734. The van der Waals surface area contributed by atoms with Crippen molar-refractivity contribution >= 4 is 5.78 Å². The second-order valence-corrected chi connectivity index (χ2v) is 6.38. The summed E-state index contributed by atoms with van der Waals surface area (Å²) in [5.41, 5.74) is 9.09. The lowest BCUT2D eigenvalue weighted by Gasteiger charge is -2.42. The summed E-state index contributed by atoms with van der Waals surface area (Å²) in [5, 5.41) is 13.4. The van der Waals surface area contributed by atoms with Crippen molar-refractivity contribution in [3.8, 4) is 11.8 Å². The molecule has 0 spiro atoms. The van der Waals surface area contributed by atoms with Crippen molar-refractivity contribution in [2.45, 2.75) is 25.2 Å². The van der Waals surface area contributed by atoms with E-state index in [1.807, 2.05) is 43.4 Å². The van der Waals surface area contributed by atoms with Crippen LogP contribution in [-0.4, -0.2) is 37.0 Å². The molecule has 1 aromatic rings. The molecule has 1 atom stereocenters. The van der Waals surface area contributed by atoms with Gasteiger partial charge in [-0.15, -0.1) is 0 Å². The van der Waals surface area contributed by atoms with Crippen molar-refractivity contribution < 1.29 is 9.53 Å². The number of nitrogens with two attached hydrogens (primary N) is 1. The van der Waals surface area contributed by atoms with Crippen LogP contribution in [0.1, 0.15) is 30.7 Å². The monoisotopic (exact) mass is 338 g/mol. The molecule has 1 aliphatic heterocycles. The Kier molecular flexibility index (Phi) is 4.51. The molecule has 2 aliphatic rings. The van der Waals surface area contributed by atoms with Crippen LogP contribution in [0.25, 0.3) is 0 Å². The Balaban J connectivity index is 2.30. The summed E-state index contributed by atoms with van der Waals surface area (Å²) in [6.07, 6.45) is 2.03. The first-order valence-corrected chi connectivity index (χ1v) is 8.27. The summed E-state index contributed by atoms with van der Waals surface area (Å²) in [6.45, 7) is 0. The fraction of sp³-hybridized carbons (Fsp3) is 0.368. The molecule has 1 aliphatic carbocycles. The molecule has 6 nitrogen and oxygen atoms in total. The van der Waals surface area contributed by atoms with Crippen molar-refractivity contribution in [2.24, 2.45) is 5.73 Å². The number of ketones is 1. The molecule has 0 amide bonds. The smallest absolute Gasteiger partial charge is 0.161 e. The van der Waals surface area contributed by atoms with Gasteiger partial charge in [0.25, 0.3) is 0 Å². The average Bonchev–Trinajstić information content (AvgIpc) is 2.60. The number of nitrogens with zero attached hydrogens (tertiary/aromatic N) is 3. The van der Waals surface area contributed by atoms with Crippen LogP contribution in [0.3, 0.4) is 0 Å². The fourth-order valence-corrected chi connectivity index (χ4v) is 3.74. The topological polar surface area (TPSA) is 82.6 Å². The number of para-hydroxylation sites is 1. The molecule has 0 radical (unpaired) electrons. The van der Waals surface area contributed by atoms with E-state index in [4.69, 9.17) is 10.5 Å². The first-order chi connectivity index (χ1) is 12.0. The van der Waals surface area contributed by atoms with Gasteiger partial charge in [-0.2, -0.15) is 5.26 Å². The minimum atomic E-state index is -0.486. The Morgan fingerprint density at radius 3 is 2.68 bits per heavy atom. The van der Waals surface area contributed by atoms with E-state index in [-0.39, 0.29) is 5.78 Å². The summed E-state index contributed by atoms with van der Waals surface area (Å²) in [7, 11) is 5.30. The Morgan fingerprint density at radius 2 is 2.04 bits per heavy atom. The van der Waals surface area contributed by atoms with E-state index in [2.05, 4.69) is 6.07 Å². The summed E-state index contributed by atoms with van der Waals surface area (Å²) >= 11 is 0. The Bertz CT molecular complexity index is 817. The highest BCUT2D eigenvalue weighted by atomic mass is 16.5. The third kappa shape index (κ3) is 2.67. The first kappa shape index (κ1) is 17.1. The summed E-state index contributed by atoms with van der Waals surface area (Å²) in [5.74, 6) is 0.609. The maximum Gasteiger partial charge on any atom is 0.161 e. The molecule has 25 heavy (non-hydrogen) atoms. The summed E-state index contributed by atoms with van der Waals surface area (Å²) < 4.78 is 5.49. The van der Waals surface area contributed by atoms with Gasteiger partial charge >= 0.3 is 0 Å². The van der Waals surface area contributed by atoms with E-state index in [1.54, 1.807) is 12.1 Å². The van der Waals surface area contributed by atoms with Gasteiger partial charge in [-0.3, -0.25) is 9.80 Å². The first-order valence-electron chi connectivity index (χ1n) is 8.27. The lowest BCUT2D eigenvalue weighted by atomic mass is 9.76. The highest BCUT2D eigenvalue weighted by molar-refractivity contribution is 6.00. The molecule has 3 rings (SSSR count). The lowest BCUT2D eigenvalue weighted by molar-refractivity contribution is -0.116. The van der Waals surface area contributed by atoms with Gasteiger partial charge < -0.3 is 10.5 Å². The van der Waals surface area contributed by atoms with Crippen LogP contribution < -0.4 is 10.5 Å². The van der Waals surface area contributed by atoms with Crippen LogP contribution in [-0.2, 0) is 4.79 Å². The molecule has 2 N–H and O–H groups in total. The van der Waals surface area contributed by atoms with Gasteiger partial charge in [-0.25, -0.2) is 5.01 Å².